The summed E-state index contributed by atoms with van der Waals surface area (Å²) < 4.78 is 0.994. The zero-order chi connectivity index (χ0) is 12.6. The van der Waals surface area contributed by atoms with Crippen LogP contribution in [0.2, 0.25) is 0 Å². The Morgan fingerprint density at radius 1 is 1.65 bits per heavy atom. The van der Waals surface area contributed by atoms with Crippen molar-refractivity contribution in [3.8, 4) is 0 Å². The predicted molar refractivity (Wildman–Crippen MR) is 70.8 cm³/mol. The quantitative estimate of drug-likeness (QED) is 0.906. The number of nitrogens with zero attached hydrogens (tertiary/aromatic N) is 2. The highest BCUT2D eigenvalue weighted by atomic mass is 79.9. The van der Waals surface area contributed by atoms with E-state index >= 15 is 0 Å². The number of hydrogen-bond donors (Lipinski definition) is 1. The maximum absolute atomic E-state index is 11.4. The second kappa shape index (κ2) is 4.29. The lowest BCUT2D eigenvalue weighted by Crippen LogP contribution is -2.37. The van der Waals surface area contributed by atoms with Gasteiger partial charge in [-0.25, -0.2) is 4.98 Å². The number of amides is 1. The molecule has 1 aliphatic heterocycles. The highest BCUT2D eigenvalue weighted by Gasteiger charge is 2.39. The Labute approximate surface area is 109 Å². The summed E-state index contributed by atoms with van der Waals surface area (Å²) in [5.41, 5.74) is 6.14. The van der Waals surface area contributed by atoms with Gasteiger partial charge >= 0.3 is 0 Å². The predicted octanol–water partition coefficient (Wildman–Crippen LogP) is 1.85. The maximum Gasteiger partial charge on any atom is 0.225 e. The van der Waals surface area contributed by atoms with Gasteiger partial charge in [0.05, 0.1) is 9.89 Å². The minimum atomic E-state index is -0.440. The van der Waals surface area contributed by atoms with E-state index in [4.69, 9.17) is 5.73 Å². The van der Waals surface area contributed by atoms with Gasteiger partial charge < -0.3 is 10.6 Å². The number of anilines is 1. The Balaban J connectivity index is 2.27. The first-order valence-corrected chi connectivity index (χ1v) is 6.39. The average Bonchev–Trinajstić information content (AvgIpc) is 2.66. The first kappa shape index (κ1) is 12.4. The van der Waals surface area contributed by atoms with Gasteiger partial charge in [-0.05, 0) is 47.8 Å². The van der Waals surface area contributed by atoms with Gasteiger partial charge in [0.15, 0.2) is 0 Å². The topological polar surface area (TPSA) is 59.2 Å². The molecular weight excluding hydrogens is 282 g/mol. The van der Waals surface area contributed by atoms with Gasteiger partial charge in [-0.2, -0.15) is 0 Å². The van der Waals surface area contributed by atoms with Crippen molar-refractivity contribution < 1.29 is 4.79 Å². The Morgan fingerprint density at radius 3 is 2.94 bits per heavy atom. The summed E-state index contributed by atoms with van der Waals surface area (Å²) >= 11 is 3.54. The van der Waals surface area contributed by atoms with Crippen molar-refractivity contribution in [2.75, 3.05) is 18.0 Å². The Morgan fingerprint density at radius 2 is 2.35 bits per heavy atom. The summed E-state index contributed by atoms with van der Waals surface area (Å²) in [6, 6.07) is 1.96. The van der Waals surface area contributed by atoms with Crippen LogP contribution in [-0.2, 0) is 4.79 Å². The average molecular weight is 298 g/mol. The molecular formula is C12H16BrN3O. The van der Waals surface area contributed by atoms with Crippen LogP contribution in [0.5, 0.6) is 0 Å². The van der Waals surface area contributed by atoms with Gasteiger partial charge in [-0.15, -0.1) is 0 Å². The SMILES string of the molecule is Cc1ccnc(N2CCC(C)(C(N)=O)C2)c1Br. The second-order valence-corrected chi connectivity index (χ2v) is 5.65. The Bertz CT molecular complexity index is 463. The molecule has 2 heterocycles. The molecule has 0 spiro atoms. The molecule has 2 rings (SSSR count). The van der Waals surface area contributed by atoms with Crippen molar-refractivity contribution in [2.24, 2.45) is 11.1 Å². The van der Waals surface area contributed by atoms with Crippen molar-refractivity contribution in [3.63, 3.8) is 0 Å². The lowest BCUT2D eigenvalue weighted by Gasteiger charge is -2.22. The summed E-state index contributed by atoms with van der Waals surface area (Å²) in [6.07, 6.45) is 2.57. The van der Waals surface area contributed by atoms with Gasteiger partial charge in [0.1, 0.15) is 5.82 Å². The molecule has 0 aromatic carbocycles. The van der Waals surface area contributed by atoms with Crippen LogP contribution < -0.4 is 10.6 Å². The molecule has 2 N–H and O–H groups in total. The Kier molecular flexibility index (Phi) is 3.12. The van der Waals surface area contributed by atoms with E-state index in [-0.39, 0.29) is 5.91 Å². The second-order valence-electron chi connectivity index (χ2n) is 4.86. The van der Waals surface area contributed by atoms with Gasteiger partial charge in [0.25, 0.3) is 0 Å². The van der Waals surface area contributed by atoms with E-state index in [0.717, 1.165) is 28.8 Å². The number of pyridine rings is 1. The molecule has 5 heteroatoms. The van der Waals surface area contributed by atoms with Crippen molar-refractivity contribution in [2.45, 2.75) is 20.3 Å². The smallest absolute Gasteiger partial charge is 0.225 e. The van der Waals surface area contributed by atoms with Crippen LogP contribution in [0.3, 0.4) is 0 Å². The van der Waals surface area contributed by atoms with Crippen molar-refractivity contribution in [3.05, 3.63) is 22.3 Å². The van der Waals surface area contributed by atoms with Crippen LogP contribution in [0.15, 0.2) is 16.7 Å². The largest absolute Gasteiger partial charge is 0.369 e. The fourth-order valence-electron chi connectivity index (χ4n) is 2.09. The van der Waals surface area contributed by atoms with E-state index in [0.29, 0.717) is 6.54 Å². The third-order valence-corrected chi connectivity index (χ3v) is 4.41. The third-order valence-electron chi connectivity index (χ3n) is 3.43. The van der Waals surface area contributed by atoms with E-state index in [1.54, 1.807) is 6.20 Å². The lowest BCUT2D eigenvalue weighted by molar-refractivity contribution is -0.125. The lowest BCUT2D eigenvalue weighted by atomic mass is 9.89. The highest BCUT2D eigenvalue weighted by Crippen LogP contribution is 2.35. The van der Waals surface area contributed by atoms with Crippen molar-refractivity contribution in [1.82, 2.24) is 4.98 Å². The molecule has 92 valence electrons. The van der Waals surface area contributed by atoms with Crippen LogP contribution in [0.4, 0.5) is 5.82 Å². The molecule has 1 amide bonds. The molecule has 1 aliphatic rings. The molecule has 1 atom stereocenters. The number of aromatic nitrogens is 1. The monoisotopic (exact) mass is 297 g/mol. The van der Waals surface area contributed by atoms with Crippen LogP contribution in [0.1, 0.15) is 18.9 Å². The third kappa shape index (κ3) is 2.16. The number of carbonyl (C=O) groups is 1. The number of aryl methyl sites for hydroxylation is 1. The minimum Gasteiger partial charge on any atom is -0.369 e. The van der Waals surface area contributed by atoms with E-state index in [9.17, 15) is 4.79 Å². The Hall–Kier alpha value is -1.10. The molecule has 0 saturated carbocycles. The maximum atomic E-state index is 11.4. The summed E-state index contributed by atoms with van der Waals surface area (Å²) in [4.78, 5) is 17.9. The summed E-state index contributed by atoms with van der Waals surface area (Å²) in [5, 5.41) is 0. The standard InChI is InChI=1S/C12H16BrN3O/c1-8-3-5-15-10(9(8)13)16-6-4-12(2,7-16)11(14)17/h3,5H,4,6-7H2,1-2H3,(H2,14,17). The summed E-state index contributed by atoms with van der Waals surface area (Å²) in [5.74, 6) is 0.666. The molecule has 1 unspecified atom stereocenters. The molecule has 0 bridgehead atoms. The number of hydrogen-bond acceptors (Lipinski definition) is 3. The normalized spacial score (nSPS) is 24.1. The fourth-order valence-corrected chi connectivity index (χ4v) is 2.57. The summed E-state index contributed by atoms with van der Waals surface area (Å²) in [6.45, 7) is 5.39. The first-order chi connectivity index (χ1) is 7.94. The van der Waals surface area contributed by atoms with E-state index in [1.807, 2.05) is 19.9 Å². The van der Waals surface area contributed by atoms with Crippen molar-refractivity contribution >= 4 is 27.7 Å². The molecule has 4 nitrogen and oxygen atoms in total. The summed E-state index contributed by atoms with van der Waals surface area (Å²) in [7, 11) is 0. The molecule has 1 aromatic rings. The van der Waals surface area contributed by atoms with Gasteiger partial charge in [-0.1, -0.05) is 0 Å². The number of rotatable bonds is 2. The molecule has 0 aliphatic carbocycles. The molecule has 1 saturated heterocycles. The zero-order valence-electron chi connectivity index (χ0n) is 10.0. The zero-order valence-corrected chi connectivity index (χ0v) is 11.6. The van der Waals surface area contributed by atoms with Gasteiger partial charge in [0, 0.05) is 19.3 Å². The van der Waals surface area contributed by atoms with E-state index < -0.39 is 5.41 Å². The van der Waals surface area contributed by atoms with Crippen LogP contribution >= 0.6 is 15.9 Å². The van der Waals surface area contributed by atoms with Crippen LogP contribution in [0.25, 0.3) is 0 Å². The highest BCUT2D eigenvalue weighted by molar-refractivity contribution is 9.10. The van der Waals surface area contributed by atoms with Crippen LogP contribution in [0, 0.1) is 12.3 Å². The molecule has 17 heavy (non-hydrogen) atoms. The van der Waals surface area contributed by atoms with Gasteiger partial charge in [0.2, 0.25) is 5.91 Å². The number of carbonyl (C=O) groups excluding carboxylic acids is 1. The number of nitrogens with two attached hydrogens (primary N) is 1. The minimum absolute atomic E-state index is 0.233. The van der Waals surface area contributed by atoms with E-state index in [1.165, 1.54) is 0 Å². The fraction of sp³-hybridized carbons (Fsp3) is 0.500. The van der Waals surface area contributed by atoms with Gasteiger partial charge in [-0.3, -0.25) is 4.79 Å². The number of primary amides is 1. The number of halogens is 1. The van der Waals surface area contributed by atoms with Crippen LogP contribution in [-0.4, -0.2) is 24.0 Å². The van der Waals surface area contributed by atoms with E-state index in [2.05, 4.69) is 25.8 Å². The molecule has 1 fully saturated rings. The molecule has 0 radical (unpaired) electrons. The first-order valence-electron chi connectivity index (χ1n) is 5.60. The van der Waals surface area contributed by atoms with Crippen molar-refractivity contribution in [1.29, 1.82) is 0 Å². The molecule has 1 aromatic heterocycles.